The molecule has 1 amide bonds. The van der Waals surface area contributed by atoms with Gasteiger partial charge in [0.25, 0.3) is 0 Å². The zero-order valence-corrected chi connectivity index (χ0v) is 15.1. The third-order valence-electron chi connectivity index (χ3n) is 4.09. The molecule has 130 valence electrons. The highest BCUT2D eigenvalue weighted by molar-refractivity contribution is 7.16. The molecule has 0 atom stereocenters. The summed E-state index contributed by atoms with van der Waals surface area (Å²) in [6, 6.07) is 6.17. The molecule has 7 nitrogen and oxygen atoms in total. The van der Waals surface area contributed by atoms with Crippen molar-refractivity contribution >= 4 is 28.2 Å². The van der Waals surface area contributed by atoms with Crippen molar-refractivity contribution in [1.82, 2.24) is 19.8 Å². The SMILES string of the molecule is CC(=O)N1CCN(Cc2cc(C)nc(Nc3ncc(C#N)s3)c2)CC1. The first-order valence-corrected chi connectivity index (χ1v) is 8.93. The summed E-state index contributed by atoms with van der Waals surface area (Å²) >= 11 is 1.31. The summed E-state index contributed by atoms with van der Waals surface area (Å²) in [5.41, 5.74) is 2.10. The van der Waals surface area contributed by atoms with Crippen LogP contribution in [0.5, 0.6) is 0 Å². The Bertz CT molecular complexity index is 804. The van der Waals surface area contributed by atoms with Gasteiger partial charge in [0, 0.05) is 45.3 Å². The minimum absolute atomic E-state index is 0.145. The van der Waals surface area contributed by atoms with E-state index in [4.69, 9.17) is 5.26 Å². The van der Waals surface area contributed by atoms with Gasteiger partial charge in [-0.3, -0.25) is 9.69 Å². The maximum Gasteiger partial charge on any atom is 0.219 e. The first-order valence-electron chi connectivity index (χ1n) is 8.12. The highest BCUT2D eigenvalue weighted by atomic mass is 32.1. The van der Waals surface area contributed by atoms with Crippen molar-refractivity contribution in [2.75, 3.05) is 31.5 Å². The second-order valence-corrected chi connectivity index (χ2v) is 7.08. The maximum absolute atomic E-state index is 11.4. The number of piperazine rings is 1. The first kappa shape index (κ1) is 17.3. The molecule has 25 heavy (non-hydrogen) atoms. The number of nitrogens with one attached hydrogen (secondary N) is 1. The van der Waals surface area contributed by atoms with Gasteiger partial charge < -0.3 is 10.2 Å². The van der Waals surface area contributed by atoms with E-state index in [-0.39, 0.29) is 5.91 Å². The zero-order valence-electron chi connectivity index (χ0n) is 14.3. The van der Waals surface area contributed by atoms with Crippen LogP contribution in [0.15, 0.2) is 18.3 Å². The van der Waals surface area contributed by atoms with Gasteiger partial charge in [0.1, 0.15) is 16.8 Å². The average molecular weight is 356 g/mol. The van der Waals surface area contributed by atoms with E-state index >= 15 is 0 Å². The Morgan fingerprint density at radius 3 is 2.76 bits per heavy atom. The highest BCUT2D eigenvalue weighted by Crippen LogP contribution is 2.22. The molecule has 0 radical (unpaired) electrons. The lowest BCUT2D eigenvalue weighted by molar-refractivity contribution is -0.130. The van der Waals surface area contributed by atoms with Gasteiger partial charge in [0.15, 0.2) is 5.13 Å². The molecule has 0 aromatic carbocycles. The molecule has 8 heteroatoms. The second kappa shape index (κ2) is 7.59. The fourth-order valence-electron chi connectivity index (χ4n) is 2.87. The molecule has 0 saturated carbocycles. The van der Waals surface area contributed by atoms with Gasteiger partial charge in [-0.1, -0.05) is 11.3 Å². The topological polar surface area (TPSA) is 85.2 Å². The summed E-state index contributed by atoms with van der Waals surface area (Å²) in [7, 11) is 0. The van der Waals surface area contributed by atoms with Crippen molar-refractivity contribution in [2.24, 2.45) is 0 Å². The standard InChI is InChI=1S/C17H20N6OS/c1-12-7-14(11-22-3-5-23(6-4-22)13(2)24)8-16(20-12)21-17-19-10-15(9-18)25-17/h7-8,10H,3-6,11H2,1-2H3,(H,19,20,21). The molecule has 2 aromatic heterocycles. The van der Waals surface area contributed by atoms with Gasteiger partial charge in [-0.2, -0.15) is 5.26 Å². The molecule has 1 aliphatic heterocycles. The van der Waals surface area contributed by atoms with Crippen LogP contribution in [0, 0.1) is 18.3 Å². The normalized spacial score (nSPS) is 15.0. The van der Waals surface area contributed by atoms with Crippen LogP contribution in [0.3, 0.4) is 0 Å². The van der Waals surface area contributed by atoms with Crippen LogP contribution in [0.2, 0.25) is 0 Å². The number of thiazole rings is 1. The molecule has 1 N–H and O–H groups in total. The van der Waals surface area contributed by atoms with E-state index in [0.29, 0.717) is 10.0 Å². The number of anilines is 2. The molecular weight excluding hydrogens is 336 g/mol. The van der Waals surface area contributed by atoms with Crippen molar-refractivity contribution in [2.45, 2.75) is 20.4 Å². The molecule has 3 heterocycles. The Labute approximate surface area is 150 Å². The summed E-state index contributed by atoms with van der Waals surface area (Å²) in [5, 5.41) is 12.7. The molecule has 3 rings (SSSR count). The van der Waals surface area contributed by atoms with Gasteiger partial charge in [-0.05, 0) is 24.6 Å². The number of hydrogen-bond donors (Lipinski definition) is 1. The zero-order chi connectivity index (χ0) is 17.8. The number of nitrogens with zero attached hydrogens (tertiary/aromatic N) is 5. The predicted molar refractivity (Wildman–Crippen MR) is 96.6 cm³/mol. The number of amides is 1. The highest BCUT2D eigenvalue weighted by Gasteiger charge is 2.18. The van der Waals surface area contributed by atoms with Gasteiger partial charge >= 0.3 is 0 Å². The van der Waals surface area contributed by atoms with E-state index in [9.17, 15) is 4.79 Å². The molecule has 2 aromatic rings. The van der Waals surface area contributed by atoms with E-state index in [1.54, 1.807) is 13.1 Å². The molecule has 0 spiro atoms. The molecule has 1 fully saturated rings. The first-order chi connectivity index (χ1) is 12.0. The lowest BCUT2D eigenvalue weighted by Gasteiger charge is -2.34. The van der Waals surface area contributed by atoms with Gasteiger partial charge in [-0.15, -0.1) is 0 Å². The summed E-state index contributed by atoms with van der Waals surface area (Å²) in [6.45, 7) is 7.72. The summed E-state index contributed by atoms with van der Waals surface area (Å²) in [5.74, 6) is 0.877. The molecule has 1 saturated heterocycles. The second-order valence-electron chi connectivity index (χ2n) is 6.05. The van der Waals surface area contributed by atoms with E-state index in [0.717, 1.165) is 44.2 Å². The maximum atomic E-state index is 11.4. The molecule has 0 unspecified atom stereocenters. The van der Waals surface area contributed by atoms with Crippen molar-refractivity contribution in [3.05, 3.63) is 34.5 Å². The molecule has 0 aliphatic carbocycles. The summed E-state index contributed by atoms with van der Waals surface area (Å²) in [6.07, 6.45) is 1.55. The Balaban J connectivity index is 1.65. The molecule has 1 aliphatic rings. The van der Waals surface area contributed by atoms with Gasteiger partial charge in [-0.25, -0.2) is 9.97 Å². The van der Waals surface area contributed by atoms with Crippen LogP contribution < -0.4 is 5.32 Å². The number of hydrogen-bond acceptors (Lipinski definition) is 7. The fourth-order valence-corrected chi connectivity index (χ4v) is 3.49. The molecule has 0 bridgehead atoms. The van der Waals surface area contributed by atoms with E-state index < -0.39 is 0 Å². The lowest BCUT2D eigenvalue weighted by Crippen LogP contribution is -2.47. The smallest absolute Gasteiger partial charge is 0.219 e. The third kappa shape index (κ3) is 4.53. The van der Waals surface area contributed by atoms with Crippen LogP contribution in [-0.2, 0) is 11.3 Å². The quantitative estimate of drug-likeness (QED) is 0.903. The number of aryl methyl sites for hydroxylation is 1. The Morgan fingerprint density at radius 1 is 1.36 bits per heavy atom. The number of aromatic nitrogens is 2. The Kier molecular flexibility index (Phi) is 5.26. The molecular formula is C17H20N6OS. The van der Waals surface area contributed by atoms with E-state index in [1.165, 1.54) is 16.9 Å². The number of carbonyl (C=O) groups excluding carboxylic acids is 1. The number of nitriles is 1. The van der Waals surface area contributed by atoms with Crippen molar-refractivity contribution in [3.63, 3.8) is 0 Å². The number of carbonyl (C=O) groups is 1. The summed E-state index contributed by atoms with van der Waals surface area (Å²) in [4.78, 5) is 24.9. The van der Waals surface area contributed by atoms with Crippen LogP contribution in [0.25, 0.3) is 0 Å². The van der Waals surface area contributed by atoms with E-state index in [2.05, 4.69) is 32.3 Å². The summed E-state index contributed by atoms with van der Waals surface area (Å²) < 4.78 is 0. The van der Waals surface area contributed by atoms with Crippen LogP contribution in [0.1, 0.15) is 23.1 Å². The van der Waals surface area contributed by atoms with Gasteiger partial charge in [0.05, 0.1) is 6.20 Å². The van der Waals surface area contributed by atoms with Crippen LogP contribution >= 0.6 is 11.3 Å². The minimum atomic E-state index is 0.145. The van der Waals surface area contributed by atoms with E-state index in [1.807, 2.05) is 17.9 Å². The Hall–Kier alpha value is -2.50. The van der Waals surface area contributed by atoms with Crippen molar-refractivity contribution in [1.29, 1.82) is 5.26 Å². The predicted octanol–water partition coefficient (Wildman–Crippen LogP) is 2.13. The third-order valence-corrected chi connectivity index (χ3v) is 4.91. The van der Waals surface area contributed by atoms with Crippen LogP contribution in [-0.4, -0.2) is 51.9 Å². The fraction of sp³-hybridized carbons (Fsp3) is 0.412. The van der Waals surface area contributed by atoms with Crippen molar-refractivity contribution < 1.29 is 4.79 Å². The van der Waals surface area contributed by atoms with Crippen molar-refractivity contribution in [3.8, 4) is 6.07 Å². The Morgan fingerprint density at radius 2 is 2.12 bits per heavy atom. The largest absolute Gasteiger partial charge is 0.340 e. The average Bonchev–Trinajstić information content (AvgIpc) is 3.02. The minimum Gasteiger partial charge on any atom is -0.340 e. The van der Waals surface area contributed by atoms with Crippen LogP contribution in [0.4, 0.5) is 10.9 Å². The lowest BCUT2D eigenvalue weighted by atomic mass is 10.2. The number of pyridine rings is 1. The monoisotopic (exact) mass is 356 g/mol. The van der Waals surface area contributed by atoms with Gasteiger partial charge in [0.2, 0.25) is 5.91 Å². The number of rotatable bonds is 4.